The van der Waals surface area contributed by atoms with Gasteiger partial charge in [-0.25, -0.2) is 14.4 Å². The number of fused-ring (bicyclic) bond motifs is 2. The van der Waals surface area contributed by atoms with Gasteiger partial charge in [-0.15, -0.1) is 0 Å². The minimum atomic E-state index is -0.437. The first-order valence-electron chi connectivity index (χ1n) is 9.48. The molecule has 31 heavy (non-hydrogen) atoms. The van der Waals surface area contributed by atoms with Gasteiger partial charge in [0, 0.05) is 53.9 Å². The van der Waals surface area contributed by atoms with E-state index in [0.717, 1.165) is 11.1 Å². The molecule has 6 aromatic rings. The van der Waals surface area contributed by atoms with Gasteiger partial charge in [0.25, 0.3) is 0 Å². The highest BCUT2D eigenvalue weighted by atomic mass is 19.1. The Bertz CT molecular complexity index is 1540. The van der Waals surface area contributed by atoms with Gasteiger partial charge in [0.05, 0.1) is 16.6 Å². The van der Waals surface area contributed by atoms with Crippen LogP contribution >= 0.6 is 0 Å². The third-order valence-electron chi connectivity index (χ3n) is 5.06. The molecule has 0 atom stereocenters. The van der Waals surface area contributed by atoms with E-state index in [-0.39, 0.29) is 5.39 Å². The summed E-state index contributed by atoms with van der Waals surface area (Å²) in [5.41, 5.74) is 4.60. The molecule has 6 heterocycles. The third-order valence-corrected chi connectivity index (χ3v) is 5.06. The Morgan fingerprint density at radius 1 is 0.806 bits per heavy atom. The van der Waals surface area contributed by atoms with Crippen molar-refractivity contribution in [1.82, 2.24) is 40.1 Å². The lowest BCUT2D eigenvalue weighted by Gasteiger charge is -2.03. The molecule has 6 aromatic heterocycles. The van der Waals surface area contributed by atoms with Crippen molar-refractivity contribution in [1.29, 1.82) is 0 Å². The maximum Gasteiger partial charge on any atom is 0.159 e. The number of pyridine rings is 4. The molecule has 0 aliphatic carbocycles. The van der Waals surface area contributed by atoms with Crippen LogP contribution in [-0.2, 0) is 0 Å². The number of halogens is 1. The molecule has 0 amide bonds. The predicted molar refractivity (Wildman–Crippen MR) is 113 cm³/mol. The topological polar surface area (TPSA) is 109 Å². The van der Waals surface area contributed by atoms with Crippen molar-refractivity contribution < 1.29 is 4.39 Å². The van der Waals surface area contributed by atoms with Crippen molar-refractivity contribution in [2.45, 2.75) is 0 Å². The van der Waals surface area contributed by atoms with Crippen molar-refractivity contribution in [3.8, 4) is 33.9 Å². The molecule has 0 spiro atoms. The van der Waals surface area contributed by atoms with E-state index in [1.165, 1.54) is 6.20 Å². The summed E-state index contributed by atoms with van der Waals surface area (Å²) in [5, 5.41) is 7.34. The van der Waals surface area contributed by atoms with E-state index in [2.05, 4.69) is 35.1 Å². The minimum absolute atomic E-state index is 0.260. The lowest BCUT2D eigenvalue weighted by Crippen LogP contribution is -1.91. The van der Waals surface area contributed by atoms with Crippen molar-refractivity contribution in [3.63, 3.8) is 0 Å². The first-order valence-corrected chi connectivity index (χ1v) is 9.48. The fourth-order valence-corrected chi connectivity index (χ4v) is 3.61. The summed E-state index contributed by atoms with van der Waals surface area (Å²) in [7, 11) is 0. The second kappa shape index (κ2) is 6.77. The van der Waals surface area contributed by atoms with Gasteiger partial charge < -0.3 is 4.98 Å². The maximum absolute atomic E-state index is 15.5. The largest absolute Gasteiger partial charge is 0.336 e. The van der Waals surface area contributed by atoms with Gasteiger partial charge in [0.15, 0.2) is 11.5 Å². The Balaban J connectivity index is 1.56. The Morgan fingerprint density at radius 3 is 2.39 bits per heavy atom. The SMILES string of the molecule is Fc1c(-c2cccnc2)cnc2[nH]nc(-c3nc4c(-c5cccnc5)nccc4[nH]3)c12. The van der Waals surface area contributed by atoms with E-state index in [9.17, 15) is 0 Å². The van der Waals surface area contributed by atoms with Crippen molar-refractivity contribution in [2.24, 2.45) is 0 Å². The number of H-pyrrole nitrogens is 2. The first kappa shape index (κ1) is 17.3. The molecule has 0 aromatic carbocycles. The monoisotopic (exact) mass is 408 g/mol. The van der Waals surface area contributed by atoms with E-state index >= 15 is 4.39 Å². The number of imidazole rings is 1. The molecule has 0 unspecified atom stereocenters. The number of aromatic nitrogens is 8. The van der Waals surface area contributed by atoms with E-state index in [1.54, 1.807) is 43.1 Å². The average molecular weight is 408 g/mol. The summed E-state index contributed by atoms with van der Waals surface area (Å²) >= 11 is 0. The van der Waals surface area contributed by atoms with Crippen molar-refractivity contribution in [3.05, 3.63) is 73.3 Å². The number of hydrogen-bond acceptors (Lipinski definition) is 6. The summed E-state index contributed by atoms with van der Waals surface area (Å²) in [6, 6.07) is 9.10. The van der Waals surface area contributed by atoms with Crippen LogP contribution in [0.25, 0.3) is 56.0 Å². The van der Waals surface area contributed by atoms with Crippen LogP contribution in [0, 0.1) is 5.82 Å². The highest BCUT2D eigenvalue weighted by molar-refractivity contribution is 5.96. The summed E-state index contributed by atoms with van der Waals surface area (Å²) in [6.45, 7) is 0. The number of nitrogens with zero attached hydrogens (tertiary/aromatic N) is 6. The van der Waals surface area contributed by atoms with Gasteiger partial charge >= 0.3 is 0 Å². The summed E-state index contributed by atoms with van der Waals surface area (Å²) in [5.74, 6) is -0.0174. The van der Waals surface area contributed by atoms with Crippen LogP contribution < -0.4 is 0 Å². The van der Waals surface area contributed by atoms with E-state index in [1.807, 2.05) is 18.2 Å². The van der Waals surface area contributed by atoms with Gasteiger partial charge in [-0.05, 0) is 24.3 Å². The zero-order valence-electron chi connectivity index (χ0n) is 15.9. The molecule has 0 aliphatic heterocycles. The maximum atomic E-state index is 15.5. The summed E-state index contributed by atoms with van der Waals surface area (Å²) in [6.07, 6.45) is 9.82. The van der Waals surface area contributed by atoms with Gasteiger partial charge in [0.1, 0.15) is 17.0 Å². The third kappa shape index (κ3) is 2.75. The van der Waals surface area contributed by atoms with Crippen LogP contribution in [0.3, 0.4) is 0 Å². The fraction of sp³-hybridized carbons (Fsp3) is 0. The van der Waals surface area contributed by atoms with Crippen LogP contribution in [0.2, 0.25) is 0 Å². The molecular formula is C22H13FN8. The van der Waals surface area contributed by atoms with Crippen LogP contribution in [0.1, 0.15) is 0 Å². The molecule has 148 valence electrons. The molecular weight excluding hydrogens is 395 g/mol. The Labute approximate surface area is 174 Å². The van der Waals surface area contributed by atoms with Crippen LogP contribution in [0.4, 0.5) is 4.39 Å². The highest BCUT2D eigenvalue weighted by Gasteiger charge is 2.21. The average Bonchev–Trinajstić information content (AvgIpc) is 3.45. The standard InChI is InChI=1S/C22H13FN8/c23-17-14(12-3-1-6-24-9-12)11-27-21-16(17)20(30-31-21)22-28-15-5-8-26-18(19(15)29-22)13-4-2-7-25-10-13/h1-11H,(H,28,29)(H,27,30,31). The first-order chi connectivity index (χ1) is 15.3. The zero-order valence-corrected chi connectivity index (χ0v) is 15.9. The normalized spacial score (nSPS) is 11.4. The lowest BCUT2D eigenvalue weighted by atomic mass is 10.1. The minimum Gasteiger partial charge on any atom is -0.336 e. The lowest BCUT2D eigenvalue weighted by molar-refractivity contribution is 0.642. The van der Waals surface area contributed by atoms with E-state index in [4.69, 9.17) is 4.98 Å². The van der Waals surface area contributed by atoms with Gasteiger partial charge in [-0.1, -0.05) is 6.07 Å². The number of rotatable bonds is 3. The van der Waals surface area contributed by atoms with Gasteiger partial charge in [-0.2, -0.15) is 5.10 Å². The quantitative estimate of drug-likeness (QED) is 0.455. The Kier molecular flexibility index (Phi) is 3.79. The van der Waals surface area contributed by atoms with Crippen molar-refractivity contribution >= 4 is 22.1 Å². The zero-order chi connectivity index (χ0) is 20.8. The molecule has 6 rings (SSSR count). The molecule has 0 saturated carbocycles. The van der Waals surface area contributed by atoms with Crippen LogP contribution in [0.5, 0.6) is 0 Å². The second-order valence-corrected chi connectivity index (χ2v) is 6.91. The molecule has 0 fully saturated rings. The number of hydrogen-bond donors (Lipinski definition) is 2. The van der Waals surface area contributed by atoms with E-state index < -0.39 is 5.82 Å². The molecule has 2 N–H and O–H groups in total. The molecule has 0 radical (unpaired) electrons. The molecule has 0 saturated heterocycles. The summed E-state index contributed by atoms with van der Waals surface area (Å²) < 4.78 is 15.5. The molecule has 8 nitrogen and oxygen atoms in total. The predicted octanol–water partition coefficient (Wildman–Crippen LogP) is 4.16. The summed E-state index contributed by atoms with van der Waals surface area (Å²) in [4.78, 5) is 24.9. The Morgan fingerprint density at radius 2 is 1.61 bits per heavy atom. The highest BCUT2D eigenvalue weighted by Crippen LogP contribution is 2.33. The van der Waals surface area contributed by atoms with Crippen LogP contribution in [0.15, 0.2) is 67.5 Å². The van der Waals surface area contributed by atoms with Crippen molar-refractivity contribution in [2.75, 3.05) is 0 Å². The Hall–Kier alpha value is -4.53. The van der Waals surface area contributed by atoms with Gasteiger partial charge in [-0.3, -0.25) is 20.1 Å². The second-order valence-electron chi connectivity index (χ2n) is 6.91. The van der Waals surface area contributed by atoms with E-state index in [0.29, 0.717) is 39.5 Å². The van der Waals surface area contributed by atoms with Crippen LogP contribution in [-0.4, -0.2) is 40.1 Å². The fourth-order valence-electron chi connectivity index (χ4n) is 3.61. The molecule has 0 bridgehead atoms. The molecule has 9 heteroatoms. The number of nitrogens with one attached hydrogen (secondary N) is 2. The number of aromatic amines is 2. The molecule has 0 aliphatic rings. The smallest absolute Gasteiger partial charge is 0.159 e. The van der Waals surface area contributed by atoms with Gasteiger partial charge in [0.2, 0.25) is 0 Å².